The number of aliphatic carboxylic acids is 1. The number of carbonyl (C=O) groups excluding carboxylic acids is 2. The van der Waals surface area contributed by atoms with Gasteiger partial charge in [-0.2, -0.15) is 0 Å². The minimum Gasteiger partial charge on any atom is -0.480 e. The third-order valence-electron chi connectivity index (χ3n) is 3.87. The Hall–Kier alpha value is -2.74. The van der Waals surface area contributed by atoms with Crippen molar-refractivity contribution in [2.75, 3.05) is 5.32 Å². The van der Waals surface area contributed by atoms with Gasteiger partial charge < -0.3 is 10.4 Å². The highest BCUT2D eigenvalue weighted by atomic mass is 32.1. The van der Waals surface area contributed by atoms with E-state index in [9.17, 15) is 14.4 Å². The zero-order chi connectivity index (χ0) is 20.2. The van der Waals surface area contributed by atoms with Crippen molar-refractivity contribution in [3.8, 4) is 0 Å². The first-order chi connectivity index (χ1) is 12.6. The number of rotatable bonds is 6. The van der Waals surface area contributed by atoms with Gasteiger partial charge in [0.2, 0.25) is 5.91 Å². The summed E-state index contributed by atoms with van der Waals surface area (Å²) >= 11 is 1.21. The number of hydrogen-bond acceptors (Lipinski definition) is 5. The van der Waals surface area contributed by atoms with E-state index in [0.717, 1.165) is 5.56 Å². The molecule has 1 aromatic heterocycles. The van der Waals surface area contributed by atoms with Crippen LogP contribution in [0.25, 0.3) is 0 Å². The Bertz CT molecular complexity index is 837. The van der Waals surface area contributed by atoms with Crippen molar-refractivity contribution >= 4 is 34.3 Å². The number of anilines is 1. The van der Waals surface area contributed by atoms with Crippen LogP contribution < -0.4 is 10.6 Å². The maximum absolute atomic E-state index is 12.3. The molecule has 1 atom stereocenters. The Kier molecular flexibility index (Phi) is 6.32. The van der Waals surface area contributed by atoms with E-state index in [1.165, 1.54) is 18.3 Å². The molecule has 144 valence electrons. The molecule has 0 aliphatic rings. The van der Waals surface area contributed by atoms with E-state index in [0.29, 0.717) is 16.4 Å². The number of nitrogens with zero attached hydrogens (tertiary/aromatic N) is 1. The molecule has 1 heterocycles. The van der Waals surface area contributed by atoms with Gasteiger partial charge in [-0.3, -0.25) is 19.7 Å². The molecule has 0 saturated carbocycles. The first-order valence-electron chi connectivity index (χ1n) is 8.44. The van der Waals surface area contributed by atoms with Gasteiger partial charge in [-0.05, 0) is 30.0 Å². The van der Waals surface area contributed by atoms with E-state index in [-0.39, 0.29) is 17.7 Å². The summed E-state index contributed by atoms with van der Waals surface area (Å²) in [4.78, 5) is 39.1. The Morgan fingerprint density at radius 2 is 1.81 bits per heavy atom. The molecular weight excluding hydrogens is 366 g/mol. The Labute approximate surface area is 161 Å². The average molecular weight is 389 g/mol. The van der Waals surface area contributed by atoms with E-state index in [2.05, 4.69) is 36.4 Å². The highest BCUT2D eigenvalue weighted by molar-refractivity contribution is 7.14. The molecule has 0 bridgehead atoms. The van der Waals surface area contributed by atoms with Crippen molar-refractivity contribution in [2.45, 2.75) is 45.6 Å². The van der Waals surface area contributed by atoms with E-state index in [4.69, 9.17) is 5.11 Å². The molecule has 2 aromatic rings. The lowest BCUT2D eigenvalue weighted by atomic mass is 9.87. The quantitative estimate of drug-likeness (QED) is 0.704. The summed E-state index contributed by atoms with van der Waals surface area (Å²) in [6.07, 6.45) is -0.0513. The van der Waals surface area contributed by atoms with Crippen LogP contribution in [-0.4, -0.2) is 33.9 Å². The molecule has 1 aromatic carbocycles. The largest absolute Gasteiger partial charge is 0.480 e. The van der Waals surface area contributed by atoms with Crippen LogP contribution in [0.3, 0.4) is 0 Å². The molecule has 0 aliphatic carbocycles. The van der Waals surface area contributed by atoms with Crippen LogP contribution in [-0.2, 0) is 21.4 Å². The van der Waals surface area contributed by atoms with Crippen molar-refractivity contribution < 1.29 is 19.5 Å². The minimum atomic E-state index is -1.10. The molecule has 0 radical (unpaired) electrons. The van der Waals surface area contributed by atoms with Crippen molar-refractivity contribution in [3.63, 3.8) is 0 Å². The summed E-state index contributed by atoms with van der Waals surface area (Å²) in [5.41, 5.74) is 2.14. The van der Waals surface area contributed by atoms with Crippen molar-refractivity contribution in [1.82, 2.24) is 10.3 Å². The monoisotopic (exact) mass is 389 g/mol. The third-order valence-corrected chi connectivity index (χ3v) is 4.68. The lowest BCUT2D eigenvalue weighted by Crippen LogP contribution is -2.39. The van der Waals surface area contributed by atoms with Crippen LogP contribution in [0.2, 0.25) is 0 Å². The number of carboxylic acid groups (broad SMARTS) is 1. The second-order valence-corrected chi connectivity index (χ2v) is 8.09. The van der Waals surface area contributed by atoms with E-state index >= 15 is 0 Å². The molecule has 0 spiro atoms. The van der Waals surface area contributed by atoms with Crippen LogP contribution in [0.15, 0.2) is 29.6 Å². The number of carboxylic acids is 1. The van der Waals surface area contributed by atoms with Gasteiger partial charge in [-0.1, -0.05) is 32.9 Å². The molecule has 3 N–H and O–H groups in total. The predicted molar refractivity (Wildman–Crippen MR) is 104 cm³/mol. The summed E-state index contributed by atoms with van der Waals surface area (Å²) in [5.74, 6) is -1.82. The second kappa shape index (κ2) is 8.30. The van der Waals surface area contributed by atoms with Crippen molar-refractivity contribution in [3.05, 3.63) is 46.5 Å². The lowest BCUT2D eigenvalue weighted by Gasteiger charge is -2.18. The maximum Gasteiger partial charge on any atom is 0.325 e. The topological polar surface area (TPSA) is 108 Å². The molecule has 0 saturated heterocycles. The van der Waals surface area contributed by atoms with Gasteiger partial charge in [0.15, 0.2) is 5.13 Å². The van der Waals surface area contributed by atoms with E-state index in [1.807, 2.05) is 12.1 Å². The minimum absolute atomic E-state index is 0.0118. The number of benzene rings is 1. The maximum atomic E-state index is 12.3. The van der Waals surface area contributed by atoms with Gasteiger partial charge in [-0.25, -0.2) is 4.98 Å². The first-order valence-corrected chi connectivity index (χ1v) is 9.32. The first kappa shape index (κ1) is 20.6. The van der Waals surface area contributed by atoms with Crippen LogP contribution in [0, 0.1) is 0 Å². The van der Waals surface area contributed by atoms with Gasteiger partial charge in [0, 0.05) is 10.9 Å². The standard InChI is InChI=1S/C19H23N3O4S/c1-11(17(25)26)20-15(23)9-14-10-27-18(21-14)22-16(24)12-5-7-13(8-6-12)19(2,3)4/h5-8,10-11H,9H2,1-4H3,(H,20,23)(H,25,26)(H,21,22,24). The Morgan fingerprint density at radius 1 is 1.19 bits per heavy atom. The number of thiazole rings is 1. The Balaban J connectivity index is 1.96. The molecule has 7 nitrogen and oxygen atoms in total. The van der Waals surface area contributed by atoms with Crippen LogP contribution >= 0.6 is 11.3 Å². The molecule has 0 fully saturated rings. The van der Waals surface area contributed by atoms with Gasteiger partial charge in [-0.15, -0.1) is 11.3 Å². The number of aromatic nitrogens is 1. The van der Waals surface area contributed by atoms with Crippen LogP contribution in [0.4, 0.5) is 5.13 Å². The van der Waals surface area contributed by atoms with E-state index < -0.39 is 17.9 Å². The third kappa shape index (κ3) is 5.89. The number of nitrogens with one attached hydrogen (secondary N) is 2. The summed E-state index contributed by atoms with van der Waals surface area (Å²) in [5, 5.41) is 15.9. The van der Waals surface area contributed by atoms with Crippen molar-refractivity contribution in [2.24, 2.45) is 0 Å². The molecule has 2 rings (SSSR count). The molecule has 8 heteroatoms. The zero-order valence-corrected chi connectivity index (χ0v) is 16.5. The SMILES string of the molecule is CC(NC(=O)Cc1csc(NC(=O)c2ccc(C(C)(C)C)cc2)n1)C(=O)O. The molecule has 27 heavy (non-hydrogen) atoms. The summed E-state index contributed by atoms with van der Waals surface area (Å²) < 4.78 is 0. The number of amides is 2. The predicted octanol–water partition coefficient (Wildman–Crippen LogP) is 2.82. The Morgan fingerprint density at radius 3 is 2.37 bits per heavy atom. The molecule has 0 aliphatic heterocycles. The highest BCUT2D eigenvalue weighted by Gasteiger charge is 2.17. The van der Waals surface area contributed by atoms with Gasteiger partial charge in [0.05, 0.1) is 12.1 Å². The fourth-order valence-electron chi connectivity index (χ4n) is 2.26. The van der Waals surface area contributed by atoms with Gasteiger partial charge in [0.25, 0.3) is 5.91 Å². The fourth-order valence-corrected chi connectivity index (χ4v) is 2.96. The van der Waals surface area contributed by atoms with Crippen LogP contribution in [0.1, 0.15) is 49.3 Å². The fraction of sp³-hybridized carbons (Fsp3) is 0.368. The summed E-state index contributed by atoms with van der Waals surface area (Å²) in [6, 6.07) is 6.43. The van der Waals surface area contributed by atoms with E-state index in [1.54, 1.807) is 17.5 Å². The summed E-state index contributed by atoms with van der Waals surface area (Å²) in [6.45, 7) is 7.70. The van der Waals surface area contributed by atoms with Gasteiger partial charge >= 0.3 is 5.97 Å². The average Bonchev–Trinajstić information content (AvgIpc) is 3.00. The molecule has 1 unspecified atom stereocenters. The van der Waals surface area contributed by atoms with Crippen molar-refractivity contribution in [1.29, 1.82) is 0 Å². The molecular formula is C19H23N3O4S. The highest BCUT2D eigenvalue weighted by Crippen LogP contribution is 2.23. The molecule has 2 amide bonds. The van der Waals surface area contributed by atoms with Gasteiger partial charge in [0.1, 0.15) is 6.04 Å². The summed E-state index contributed by atoms with van der Waals surface area (Å²) in [7, 11) is 0. The number of carbonyl (C=O) groups is 3. The second-order valence-electron chi connectivity index (χ2n) is 7.23. The smallest absolute Gasteiger partial charge is 0.325 e. The number of hydrogen-bond donors (Lipinski definition) is 3. The normalized spacial score (nSPS) is 12.3. The lowest BCUT2D eigenvalue weighted by molar-refractivity contribution is -0.141. The van der Waals surface area contributed by atoms with Crippen LogP contribution in [0.5, 0.6) is 0 Å². The zero-order valence-electron chi connectivity index (χ0n) is 15.7.